The van der Waals surface area contributed by atoms with E-state index < -0.39 is 0 Å². The number of ether oxygens (including phenoxy) is 1. The second kappa shape index (κ2) is 6.64. The van der Waals surface area contributed by atoms with E-state index in [0.29, 0.717) is 34.7 Å². The Balaban J connectivity index is 2.28. The monoisotopic (exact) mass is 296 g/mol. The molecule has 0 fully saturated rings. The Kier molecular flexibility index (Phi) is 4.64. The van der Waals surface area contributed by atoms with Crippen LogP contribution in [0.1, 0.15) is 28.4 Å². The van der Waals surface area contributed by atoms with Crippen molar-refractivity contribution in [1.29, 1.82) is 5.26 Å². The quantitative estimate of drug-likeness (QED) is 0.828. The van der Waals surface area contributed by atoms with Crippen molar-refractivity contribution in [3.8, 4) is 17.6 Å². The second-order valence-corrected chi connectivity index (χ2v) is 4.75. The summed E-state index contributed by atoms with van der Waals surface area (Å²) in [5.74, 6) is 0.344. The Morgan fingerprint density at radius 2 is 2.14 bits per heavy atom. The number of nitrogens with zero attached hydrogens (tertiary/aromatic N) is 1. The van der Waals surface area contributed by atoms with E-state index in [1.165, 1.54) is 14.0 Å². The Labute approximate surface area is 128 Å². The number of Topliss-reactive ketones (excluding diaryl/α,β-unsaturated/α-hetero) is 1. The third-order valence-electron chi connectivity index (χ3n) is 3.30. The molecule has 0 saturated heterocycles. The SMILES string of the molecule is COc1cccc(CNc2cc(C#N)ccc2C(C)=O)c1O. The van der Waals surface area contributed by atoms with Crippen LogP contribution < -0.4 is 10.1 Å². The smallest absolute Gasteiger partial charge is 0.162 e. The number of phenolic OH excluding ortho intramolecular Hbond substituents is 1. The van der Waals surface area contributed by atoms with Gasteiger partial charge >= 0.3 is 0 Å². The molecule has 0 bridgehead atoms. The molecule has 0 aliphatic heterocycles. The van der Waals surface area contributed by atoms with E-state index in [2.05, 4.69) is 5.32 Å². The number of nitrogens with one attached hydrogen (secondary N) is 1. The number of nitriles is 1. The standard InChI is InChI=1S/C17H16N2O3/c1-11(20)14-7-6-12(9-18)8-15(14)19-10-13-4-3-5-16(22-2)17(13)21/h3-8,19,21H,10H2,1-2H3. The van der Waals surface area contributed by atoms with E-state index in [4.69, 9.17) is 10.00 Å². The molecule has 2 rings (SSSR count). The first-order valence-corrected chi connectivity index (χ1v) is 6.70. The van der Waals surface area contributed by atoms with Gasteiger partial charge in [-0.25, -0.2) is 0 Å². The van der Waals surface area contributed by atoms with Gasteiger partial charge in [0.1, 0.15) is 0 Å². The topological polar surface area (TPSA) is 82.3 Å². The Bertz CT molecular complexity index is 748. The number of ketones is 1. The molecule has 0 spiro atoms. The van der Waals surface area contributed by atoms with Gasteiger partial charge in [-0.3, -0.25) is 4.79 Å². The largest absolute Gasteiger partial charge is 0.504 e. The summed E-state index contributed by atoms with van der Waals surface area (Å²) in [4.78, 5) is 11.7. The highest BCUT2D eigenvalue weighted by atomic mass is 16.5. The van der Waals surface area contributed by atoms with Gasteiger partial charge in [0.15, 0.2) is 17.3 Å². The van der Waals surface area contributed by atoms with Gasteiger partial charge in [-0.1, -0.05) is 12.1 Å². The first-order chi connectivity index (χ1) is 10.6. The number of para-hydroxylation sites is 1. The van der Waals surface area contributed by atoms with Crippen molar-refractivity contribution in [2.75, 3.05) is 12.4 Å². The number of hydrogen-bond donors (Lipinski definition) is 2. The molecule has 0 aromatic heterocycles. The van der Waals surface area contributed by atoms with Crippen LogP contribution in [0.15, 0.2) is 36.4 Å². The number of aromatic hydroxyl groups is 1. The van der Waals surface area contributed by atoms with E-state index in [9.17, 15) is 9.90 Å². The highest BCUT2D eigenvalue weighted by Crippen LogP contribution is 2.30. The predicted molar refractivity (Wildman–Crippen MR) is 83.1 cm³/mol. The third kappa shape index (κ3) is 3.18. The summed E-state index contributed by atoms with van der Waals surface area (Å²) in [6.45, 7) is 1.77. The van der Waals surface area contributed by atoms with Crippen LogP contribution in [0.4, 0.5) is 5.69 Å². The minimum Gasteiger partial charge on any atom is -0.504 e. The fraction of sp³-hybridized carbons (Fsp3) is 0.176. The molecular weight excluding hydrogens is 280 g/mol. The number of benzene rings is 2. The van der Waals surface area contributed by atoms with Crippen LogP contribution in [0.3, 0.4) is 0 Å². The maximum absolute atomic E-state index is 11.7. The Hall–Kier alpha value is -3.00. The van der Waals surface area contributed by atoms with Crippen LogP contribution in [-0.4, -0.2) is 18.0 Å². The van der Waals surface area contributed by atoms with Gasteiger partial charge in [-0.15, -0.1) is 0 Å². The molecule has 112 valence electrons. The van der Waals surface area contributed by atoms with Crippen LogP contribution in [-0.2, 0) is 6.54 Å². The molecule has 5 nitrogen and oxygen atoms in total. The zero-order chi connectivity index (χ0) is 16.1. The first-order valence-electron chi connectivity index (χ1n) is 6.70. The molecule has 22 heavy (non-hydrogen) atoms. The van der Waals surface area contributed by atoms with Gasteiger partial charge in [-0.05, 0) is 31.2 Å². The number of hydrogen-bond acceptors (Lipinski definition) is 5. The number of rotatable bonds is 5. The van der Waals surface area contributed by atoms with Crippen LogP contribution in [0.2, 0.25) is 0 Å². The summed E-state index contributed by atoms with van der Waals surface area (Å²) >= 11 is 0. The number of carbonyl (C=O) groups is 1. The molecule has 0 radical (unpaired) electrons. The maximum Gasteiger partial charge on any atom is 0.162 e. The summed E-state index contributed by atoms with van der Waals surface area (Å²) in [5, 5.41) is 22.1. The van der Waals surface area contributed by atoms with E-state index in [1.54, 1.807) is 36.4 Å². The molecule has 0 saturated carbocycles. The molecule has 2 N–H and O–H groups in total. The first kappa shape index (κ1) is 15.4. The van der Waals surface area contributed by atoms with Crippen LogP contribution in [0, 0.1) is 11.3 Å². The summed E-state index contributed by atoms with van der Waals surface area (Å²) in [7, 11) is 1.48. The van der Waals surface area contributed by atoms with Crippen molar-refractivity contribution in [2.45, 2.75) is 13.5 Å². The van der Waals surface area contributed by atoms with Gasteiger partial charge < -0.3 is 15.2 Å². The normalized spacial score (nSPS) is 9.86. The zero-order valence-electron chi connectivity index (χ0n) is 12.4. The van der Waals surface area contributed by atoms with Crippen molar-refractivity contribution in [3.63, 3.8) is 0 Å². The van der Waals surface area contributed by atoms with E-state index in [1.807, 2.05) is 6.07 Å². The minimum atomic E-state index is -0.0955. The Morgan fingerprint density at radius 3 is 2.77 bits per heavy atom. The molecule has 0 unspecified atom stereocenters. The van der Waals surface area contributed by atoms with Gasteiger partial charge in [0, 0.05) is 23.4 Å². The summed E-state index contributed by atoms with van der Waals surface area (Å²) in [6.07, 6.45) is 0. The van der Waals surface area contributed by atoms with Crippen molar-refractivity contribution < 1.29 is 14.6 Å². The fourth-order valence-corrected chi connectivity index (χ4v) is 2.13. The summed E-state index contributed by atoms with van der Waals surface area (Å²) < 4.78 is 5.06. The third-order valence-corrected chi connectivity index (χ3v) is 3.30. The highest BCUT2D eigenvalue weighted by Gasteiger charge is 2.11. The average Bonchev–Trinajstić information content (AvgIpc) is 2.53. The minimum absolute atomic E-state index is 0.0540. The van der Waals surface area contributed by atoms with Crippen molar-refractivity contribution in [2.24, 2.45) is 0 Å². The van der Waals surface area contributed by atoms with E-state index in [0.717, 1.165) is 0 Å². The van der Waals surface area contributed by atoms with Gasteiger partial charge in [0.2, 0.25) is 0 Å². The summed E-state index contributed by atoms with van der Waals surface area (Å²) in [6, 6.07) is 12.1. The van der Waals surface area contributed by atoms with Crippen molar-refractivity contribution >= 4 is 11.5 Å². The predicted octanol–water partition coefficient (Wildman–Crippen LogP) is 3.09. The van der Waals surface area contributed by atoms with Crippen molar-refractivity contribution in [1.82, 2.24) is 0 Å². The Morgan fingerprint density at radius 1 is 1.36 bits per heavy atom. The number of phenols is 1. The molecule has 0 atom stereocenters. The highest BCUT2D eigenvalue weighted by molar-refractivity contribution is 5.99. The lowest BCUT2D eigenvalue weighted by atomic mass is 10.1. The van der Waals surface area contributed by atoms with Gasteiger partial charge in [0.25, 0.3) is 0 Å². The lowest BCUT2D eigenvalue weighted by molar-refractivity contribution is 0.101. The number of methoxy groups -OCH3 is 1. The fourth-order valence-electron chi connectivity index (χ4n) is 2.13. The van der Waals surface area contributed by atoms with Gasteiger partial charge in [-0.2, -0.15) is 5.26 Å². The van der Waals surface area contributed by atoms with Crippen LogP contribution >= 0.6 is 0 Å². The van der Waals surface area contributed by atoms with Crippen LogP contribution in [0.5, 0.6) is 11.5 Å². The molecule has 5 heteroatoms. The maximum atomic E-state index is 11.7. The van der Waals surface area contributed by atoms with Crippen molar-refractivity contribution in [3.05, 3.63) is 53.1 Å². The van der Waals surface area contributed by atoms with Gasteiger partial charge in [0.05, 0.1) is 18.7 Å². The molecule has 0 aliphatic rings. The number of carbonyl (C=O) groups excluding carboxylic acids is 1. The van der Waals surface area contributed by atoms with Crippen LogP contribution in [0.25, 0.3) is 0 Å². The summed E-state index contributed by atoms with van der Waals surface area (Å²) in [5.41, 5.74) is 2.16. The lowest BCUT2D eigenvalue weighted by Crippen LogP contribution is -2.06. The van der Waals surface area contributed by atoms with E-state index >= 15 is 0 Å². The van der Waals surface area contributed by atoms with E-state index in [-0.39, 0.29) is 11.5 Å². The number of anilines is 1. The lowest BCUT2D eigenvalue weighted by Gasteiger charge is -2.13. The average molecular weight is 296 g/mol. The molecule has 0 aliphatic carbocycles. The molecule has 0 heterocycles. The molecule has 2 aromatic rings. The zero-order valence-corrected chi connectivity index (χ0v) is 12.4. The molecule has 2 aromatic carbocycles. The molecular formula is C17H16N2O3. The molecule has 0 amide bonds. The second-order valence-electron chi connectivity index (χ2n) is 4.75.